The summed E-state index contributed by atoms with van der Waals surface area (Å²) >= 11 is 1.43. The highest BCUT2D eigenvalue weighted by Gasteiger charge is 2.33. The quantitative estimate of drug-likeness (QED) is 0.604. The first-order valence-electron chi connectivity index (χ1n) is 3.70. The van der Waals surface area contributed by atoms with Crippen LogP contribution in [0.15, 0.2) is 0 Å². The summed E-state index contributed by atoms with van der Waals surface area (Å²) in [5.41, 5.74) is 0. The minimum absolute atomic E-state index is 0.403. The van der Waals surface area contributed by atoms with Crippen molar-refractivity contribution in [3.05, 3.63) is 0 Å². The van der Waals surface area contributed by atoms with E-state index in [9.17, 15) is 9.59 Å². The molecule has 0 spiro atoms. The third-order valence-electron chi connectivity index (χ3n) is 1.66. The molecule has 4 nitrogen and oxygen atoms in total. The van der Waals surface area contributed by atoms with Gasteiger partial charge in [-0.05, 0) is 12.8 Å². The van der Waals surface area contributed by atoms with Crippen LogP contribution in [-0.2, 0) is 9.59 Å². The van der Waals surface area contributed by atoms with Crippen molar-refractivity contribution < 1.29 is 14.7 Å². The van der Waals surface area contributed by atoms with E-state index in [4.69, 9.17) is 5.11 Å². The Morgan fingerprint density at radius 2 is 2.31 bits per heavy atom. The fraction of sp³-hybridized carbons (Fsp3) is 0.500. The van der Waals surface area contributed by atoms with Crippen molar-refractivity contribution >= 4 is 23.6 Å². The first kappa shape index (κ1) is 9.93. The van der Waals surface area contributed by atoms with Gasteiger partial charge in [0.25, 0.3) is 5.91 Å². The van der Waals surface area contributed by atoms with Crippen molar-refractivity contribution in [2.75, 3.05) is 11.6 Å². The Morgan fingerprint density at radius 3 is 2.85 bits per heavy atom. The smallest absolute Gasteiger partial charge is 0.327 e. The molecule has 70 valence electrons. The SMILES string of the molecule is CC#CC(=O)N1CSCC1C(=O)O. The van der Waals surface area contributed by atoms with E-state index in [0.29, 0.717) is 11.6 Å². The molecule has 0 bridgehead atoms. The van der Waals surface area contributed by atoms with E-state index in [2.05, 4.69) is 11.8 Å². The average molecular weight is 199 g/mol. The van der Waals surface area contributed by atoms with Crippen LogP contribution in [0.3, 0.4) is 0 Å². The largest absolute Gasteiger partial charge is 0.480 e. The molecule has 1 aliphatic rings. The fourth-order valence-corrected chi connectivity index (χ4v) is 2.17. The second-order valence-corrected chi connectivity index (χ2v) is 3.50. The van der Waals surface area contributed by atoms with Gasteiger partial charge in [-0.1, -0.05) is 5.92 Å². The molecule has 1 heterocycles. The Morgan fingerprint density at radius 1 is 1.62 bits per heavy atom. The summed E-state index contributed by atoms with van der Waals surface area (Å²) in [6.45, 7) is 1.55. The Kier molecular flexibility index (Phi) is 3.20. The molecule has 1 atom stereocenters. The lowest BCUT2D eigenvalue weighted by atomic mass is 10.3. The van der Waals surface area contributed by atoms with E-state index < -0.39 is 17.9 Å². The first-order chi connectivity index (χ1) is 6.16. The number of hydrogen-bond donors (Lipinski definition) is 1. The number of carboxylic acids is 1. The number of nitrogens with zero attached hydrogens (tertiary/aromatic N) is 1. The van der Waals surface area contributed by atoms with Gasteiger partial charge in [0.1, 0.15) is 6.04 Å². The molecule has 0 aromatic rings. The third-order valence-corrected chi connectivity index (χ3v) is 2.67. The zero-order chi connectivity index (χ0) is 9.84. The van der Waals surface area contributed by atoms with Gasteiger partial charge in [0.2, 0.25) is 0 Å². The number of hydrogen-bond acceptors (Lipinski definition) is 3. The zero-order valence-corrected chi connectivity index (χ0v) is 7.93. The Labute approximate surface area is 80.3 Å². The van der Waals surface area contributed by atoms with Gasteiger partial charge in [-0.15, -0.1) is 11.8 Å². The minimum atomic E-state index is -0.962. The maximum Gasteiger partial charge on any atom is 0.327 e. The third kappa shape index (κ3) is 2.16. The maximum absolute atomic E-state index is 11.2. The Balaban J connectivity index is 2.72. The monoisotopic (exact) mass is 199 g/mol. The number of amides is 1. The number of carbonyl (C=O) groups excluding carboxylic acids is 1. The maximum atomic E-state index is 11.2. The first-order valence-corrected chi connectivity index (χ1v) is 4.86. The van der Waals surface area contributed by atoms with Crippen molar-refractivity contribution in [3.63, 3.8) is 0 Å². The van der Waals surface area contributed by atoms with Gasteiger partial charge in [-0.25, -0.2) is 4.79 Å². The summed E-state index contributed by atoms with van der Waals surface area (Å²) in [6, 6.07) is -0.710. The molecule has 13 heavy (non-hydrogen) atoms. The van der Waals surface area contributed by atoms with Crippen molar-refractivity contribution in [2.24, 2.45) is 0 Å². The van der Waals surface area contributed by atoms with Crippen LogP contribution < -0.4 is 0 Å². The zero-order valence-electron chi connectivity index (χ0n) is 7.11. The lowest BCUT2D eigenvalue weighted by Crippen LogP contribution is -2.41. The van der Waals surface area contributed by atoms with Crippen LogP contribution in [0.1, 0.15) is 6.92 Å². The summed E-state index contributed by atoms with van der Waals surface area (Å²) in [6.07, 6.45) is 0. The van der Waals surface area contributed by atoms with Crippen LogP contribution in [0.4, 0.5) is 0 Å². The molecule has 1 rings (SSSR count). The number of aliphatic carboxylic acids is 1. The lowest BCUT2D eigenvalue weighted by Gasteiger charge is -2.16. The Bertz CT molecular complexity index is 291. The predicted molar refractivity (Wildman–Crippen MR) is 49.0 cm³/mol. The van der Waals surface area contributed by atoms with E-state index in [1.54, 1.807) is 6.92 Å². The summed E-state index contributed by atoms with van der Waals surface area (Å²) in [5.74, 6) is 4.30. The van der Waals surface area contributed by atoms with Gasteiger partial charge >= 0.3 is 5.97 Å². The minimum Gasteiger partial charge on any atom is -0.480 e. The van der Waals surface area contributed by atoms with Crippen molar-refractivity contribution in [1.82, 2.24) is 4.90 Å². The number of thioether (sulfide) groups is 1. The van der Waals surface area contributed by atoms with E-state index in [-0.39, 0.29) is 0 Å². The van der Waals surface area contributed by atoms with Gasteiger partial charge in [0.05, 0.1) is 5.88 Å². The van der Waals surface area contributed by atoms with Gasteiger partial charge < -0.3 is 10.0 Å². The van der Waals surface area contributed by atoms with Crippen LogP contribution in [0.2, 0.25) is 0 Å². The van der Waals surface area contributed by atoms with Gasteiger partial charge in [0, 0.05) is 5.75 Å². The molecular weight excluding hydrogens is 190 g/mol. The number of carbonyl (C=O) groups is 2. The molecule has 0 aromatic carbocycles. The molecule has 0 aromatic heterocycles. The van der Waals surface area contributed by atoms with Crippen molar-refractivity contribution in [3.8, 4) is 11.8 Å². The second-order valence-electron chi connectivity index (χ2n) is 2.50. The van der Waals surface area contributed by atoms with Crippen LogP contribution in [0, 0.1) is 11.8 Å². The molecule has 1 saturated heterocycles. The summed E-state index contributed by atoms with van der Waals surface area (Å²) < 4.78 is 0. The van der Waals surface area contributed by atoms with E-state index in [1.165, 1.54) is 16.7 Å². The average Bonchev–Trinajstić information content (AvgIpc) is 2.52. The van der Waals surface area contributed by atoms with E-state index in [0.717, 1.165) is 0 Å². The molecule has 1 unspecified atom stereocenters. The number of carboxylic acid groups (broad SMARTS) is 1. The molecule has 1 fully saturated rings. The van der Waals surface area contributed by atoms with E-state index in [1.807, 2.05) is 0 Å². The molecule has 0 radical (unpaired) electrons. The highest BCUT2D eigenvalue weighted by Crippen LogP contribution is 2.20. The number of rotatable bonds is 1. The van der Waals surface area contributed by atoms with Crippen LogP contribution in [0.5, 0.6) is 0 Å². The van der Waals surface area contributed by atoms with Crippen molar-refractivity contribution in [2.45, 2.75) is 13.0 Å². The summed E-state index contributed by atoms with van der Waals surface area (Å²) in [4.78, 5) is 23.2. The lowest BCUT2D eigenvalue weighted by molar-refractivity contribution is -0.145. The highest BCUT2D eigenvalue weighted by atomic mass is 32.2. The topological polar surface area (TPSA) is 57.6 Å². The van der Waals surface area contributed by atoms with E-state index >= 15 is 0 Å². The second kappa shape index (κ2) is 4.19. The summed E-state index contributed by atoms with van der Waals surface area (Å²) in [7, 11) is 0. The van der Waals surface area contributed by atoms with Gasteiger partial charge in [-0.2, -0.15) is 0 Å². The standard InChI is InChI=1S/C8H9NO3S/c1-2-3-7(10)9-5-13-4-6(9)8(11)12/h6H,4-5H2,1H3,(H,11,12). The predicted octanol–water partition coefficient (Wildman–Crippen LogP) is -0.00420. The van der Waals surface area contributed by atoms with Crippen molar-refractivity contribution in [1.29, 1.82) is 0 Å². The molecule has 5 heteroatoms. The molecule has 0 aliphatic carbocycles. The van der Waals surface area contributed by atoms with Crippen LogP contribution >= 0.6 is 11.8 Å². The molecular formula is C8H9NO3S. The molecule has 1 aliphatic heterocycles. The Hall–Kier alpha value is -1.15. The molecule has 1 N–H and O–H groups in total. The normalized spacial score (nSPS) is 20.7. The molecule has 0 saturated carbocycles. The van der Waals surface area contributed by atoms with Crippen LogP contribution in [0.25, 0.3) is 0 Å². The van der Waals surface area contributed by atoms with Gasteiger partial charge in [-0.3, -0.25) is 4.79 Å². The molecule has 1 amide bonds. The van der Waals surface area contributed by atoms with Gasteiger partial charge in [0.15, 0.2) is 0 Å². The fourth-order valence-electron chi connectivity index (χ4n) is 1.03. The van der Waals surface area contributed by atoms with Crippen LogP contribution in [-0.4, -0.2) is 39.6 Å². The highest BCUT2D eigenvalue weighted by molar-refractivity contribution is 7.99. The summed E-state index contributed by atoms with van der Waals surface area (Å²) in [5, 5.41) is 8.75.